The maximum absolute atomic E-state index is 12.6. The largest absolute Gasteiger partial charge is 0.466 e. The Bertz CT molecular complexity index is 1490. The molecular weight excluding hydrogens is 1090 g/mol. The standard InChI is InChI=1S/C83H157NO5/c1-3-5-7-9-11-13-15-17-18-19-20-21-37-40-43-46-49-52-55-59-63-67-71-75-81(86)80(79-85)84-82(87)76-72-68-64-60-56-53-50-47-44-41-38-35-33-31-29-27-25-23-22-24-26-28-30-32-34-36-39-42-45-48-51-54-58-62-66-70-74-78-89-83(88)77-73-69-65-61-57-16-14-12-10-8-6-4-2/h12,14,22,24,28,30,71,75,80-81,85-86H,3-11,13,15-21,23,25-27,29,31-70,72-74,76-79H2,1-2H3,(H,84,87)/b14-12-,24-22-,30-28-,75-71+. The summed E-state index contributed by atoms with van der Waals surface area (Å²) in [5.74, 6) is -0.0519. The van der Waals surface area contributed by atoms with Gasteiger partial charge in [0, 0.05) is 12.8 Å². The number of carbonyl (C=O) groups excluding carboxylic acids is 2. The predicted molar refractivity (Wildman–Crippen MR) is 393 cm³/mol. The molecule has 0 fully saturated rings. The van der Waals surface area contributed by atoms with E-state index >= 15 is 0 Å². The molecule has 89 heavy (non-hydrogen) atoms. The van der Waals surface area contributed by atoms with E-state index in [1.807, 2.05) is 6.08 Å². The summed E-state index contributed by atoms with van der Waals surface area (Å²) in [5.41, 5.74) is 0. The van der Waals surface area contributed by atoms with Crippen molar-refractivity contribution in [3.63, 3.8) is 0 Å². The molecule has 0 saturated heterocycles. The first-order valence-electron chi connectivity index (χ1n) is 40.4. The van der Waals surface area contributed by atoms with Crippen molar-refractivity contribution in [3.8, 4) is 0 Å². The van der Waals surface area contributed by atoms with Crippen molar-refractivity contribution in [1.82, 2.24) is 5.32 Å². The summed E-state index contributed by atoms with van der Waals surface area (Å²) >= 11 is 0. The van der Waals surface area contributed by atoms with Crippen LogP contribution in [0.4, 0.5) is 0 Å². The molecule has 0 radical (unpaired) electrons. The van der Waals surface area contributed by atoms with Crippen LogP contribution >= 0.6 is 0 Å². The summed E-state index contributed by atoms with van der Waals surface area (Å²) in [6, 6.07) is -0.628. The fourth-order valence-corrected chi connectivity index (χ4v) is 12.7. The van der Waals surface area contributed by atoms with Gasteiger partial charge in [0.15, 0.2) is 0 Å². The van der Waals surface area contributed by atoms with Gasteiger partial charge in [0.05, 0.1) is 25.4 Å². The van der Waals surface area contributed by atoms with Gasteiger partial charge in [-0.15, -0.1) is 0 Å². The first-order chi connectivity index (χ1) is 44.0. The van der Waals surface area contributed by atoms with Crippen LogP contribution in [-0.4, -0.2) is 47.4 Å². The van der Waals surface area contributed by atoms with Gasteiger partial charge in [0.25, 0.3) is 0 Å². The van der Waals surface area contributed by atoms with Crippen LogP contribution in [-0.2, 0) is 14.3 Å². The normalized spacial score (nSPS) is 12.7. The second kappa shape index (κ2) is 78.3. The lowest BCUT2D eigenvalue weighted by atomic mass is 10.0. The van der Waals surface area contributed by atoms with Gasteiger partial charge in [-0.2, -0.15) is 0 Å². The van der Waals surface area contributed by atoms with Crippen LogP contribution in [0.5, 0.6) is 0 Å². The Morgan fingerprint density at radius 1 is 0.315 bits per heavy atom. The molecule has 0 spiro atoms. The number of amides is 1. The number of unbranched alkanes of at least 4 members (excludes halogenated alkanes) is 59. The molecule has 0 aromatic carbocycles. The van der Waals surface area contributed by atoms with Crippen molar-refractivity contribution in [2.45, 2.75) is 456 Å². The van der Waals surface area contributed by atoms with Gasteiger partial charge in [-0.1, -0.05) is 390 Å². The zero-order valence-corrected chi connectivity index (χ0v) is 60.2. The highest BCUT2D eigenvalue weighted by Gasteiger charge is 2.18. The van der Waals surface area contributed by atoms with E-state index in [1.54, 1.807) is 6.08 Å². The molecule has 0 aliphatic rings. The summed E-state index contributed by atoms with van der Waals surface area (Å²) in [6.07, 6.45) is 104. The summed E-state index contributed by atoms with van der Waals surface area (Å²) < 4.78 is 5.48. The van der Waals surface area contributed by atoms with Gasteiger partial charge in [-0.3, -0.25) is 9.59 Å². The lowest BCUT2D eigenvalue weighted by Crippen LogP contribution is -2.45. The Balaban J connectivity index is 3.39. The van der Waals surface area contributed by atoms with Gasteiger partial charge in [0.2, 0.25) is 5.91 Å². The fraction of sp³-hybridized carbons (Fsp3) is 0.880. The quantitative estimate of drug-likeness (QED) is 0.0320. The molecule has 3 N–H and O–H groups in total. The highest BCUT2D eigenvalue weighted by Crippen LogP contribution is 2.19. The van der Waals surface area contributed by atoms with Crippen molar-refractivity contribution < 1.29 is 24.5 Å². The molecule has 6 heteroatoms. The number of esters is 1. The van der Waals surface area contributed by atoms with E-state index in [9.17, 15) is 19.8 Å². The maximum atomic E-state index is 12.6. The van der Waals surface area contributed by atoms with Gasteiger partial charge in [0.1, 0.15) is 0 Å². The van der Waals surface area contributed by atoms with E-state index in [0.29, 0.717) is 19.4 Å². The minimum absolute atomic E-state index is 0.00878. The van der Waals surface area contributed by atoms with E-state index < -0.39 is 12.1 Å². The highest BCUT2D eigenvalue weighted by atomic mass is 16.5. The number of rotatable bonds is 76. The minimum atomic E-state index is -0.845. The van der Waals surface area contributed by atoms with Gasteiger partial charge >= 0.3 is 5.97 Å². The third-order valence-electron chi connectivity index (χ3n) is 18.8. The third-order valence-corrected chi connectivity index (χ3v) is 18.8. The monoisotopic (exact) mass is 1250 g/mol. The van der Waals surface area contributed by atoms with Crippen molar-refractivity contribution in [1.29, 1.82) is 0 Å². The number of hydrogen-bond donors (Lipinski definition) is 3. The Morgan fingerprint density at radius 2 is 0.562 bits per heavy atom. The van der Waals surface area contributed by atoms with E-state index in [0.717, 1.165) is 51.4 Å². The Kier molecular flexibility index (Phi) is 76.3. The van der Waals surface area contributed by atoms with Gasteiger partial charge < -0.3 is 20.3 Å². The van der Waals surface area contributed by atoms with Crippen molar-refractivity contribution in [3.05, 3.63) is 48.6 Å². The summed E-state index contributed by atoms with van der Waals surface area (Å²) in [5, 5.41) is 23.3. The van der Waals surface area contributed by atoms with Crippen LogP contribution < -0.4 is 5.32 Å². The van der Waals surface area contributed by atoms with Crippen LogP contribution in [0.2, 0.25) is 0 Å². The Hall–Kier alpha value is -2.18. The number of ether oxygens (including phenoxy) is 1. The SMILES string of the molecule is CCCCC/C=C\CCCCCCCC(=O)OCCCCCCCCCCCCCCC/C=C\C/C=C\CCCCCCCCCCCCCCCCCCCC(=O)NC(CO)C(O)/C=C/CCCCCCCCCCCCCCCCCCCCCCC. The number of aliphatic hydroxyl groups is 2. The highest BCUT2D eigenvalue weighted by molar-refractivity contribution is 5.76. The summed E-state index contributed by atoms with van der Waals surface area (Å²) in [4.78, 5) is 24.6. The topological polar surface area (TPSA) is 95.9 Å². The first-order valence-corrected chi connectivity index (χ1v) is 40.4. The molecule has 0 aliphatic carbocycles. The molecule has 0 aliphatic heterocycles. The van der Waals surface area contributed by atoms with Gasteiger partial charge in [-0.05, 0) is 89.9 Å². The second-order valence-electron chi connectivity index (χ2n) is 27.7. The average molecular weight is 1250 g/mol. The van der Waals surface area contributed by atoms with Crippen LogP contribution in [0.3, 0.4) is 0 Å². The molecule has 2 unspecified atom stereocenters. The second-order valence-corrected chi connectivity index (χ2v) is 27.7. The van der Waals surface area contributed by atoms with E-state index in [1.165, 1.54) is 366 Å². The van der Waals surface area contributed by atoms with Crippen molar-refractivity contribution in [2.75, 3.05) is 13.2 Å². The zero-order chi connectivity index (χ0) is 64.2. The number of aliphatic hydroxyl groups excluding tert-OH is 2. The Morgan fingerprint density at radius 3 is 0.888 bits per heavy atom. The maximum Gasteiger partial charge on any atom is 0.305 e. The lowest BCUT2D eigenvalue weighted by Gasteiger charge is -2.20. The average Bonchev–Trinajstić information content (AvgIpc) is 3.65. The molecule has 0 bridgehead atoms. The fourth-order valence-electron chi connectivity index (χ4n) is 12.7. The van der Waals surface area contributed by atoms with Crippen LogP contribution in [0.1, 0.15) is 444 Å². The summed E-state index contributed by atoms with van der Waals surface area (Å²) in [7, 11) is 0. The molecule has 0 heterocycles. The predicted octanol–water partition coefficient (Wildman–Crippen LogP) is 26.8. The molecule has 2 atom stereocenters. The van der Waals surface area contributed by atoms with E-state index in [4.69, 9.17) is 4.74 Å². The Labute approximate surface area is 556 Å². The molecule has 0 aromatic heterocycles. The minimum Gasteiger partial charge on any atom is -0.466 e. The first kappa shape index (κ1) is 86.8. The van der Waals surface area contributed by atoms with Gasteiger partial charge in [-0.25, -0.2) is 0 Å². The third kappa shape index (κ3) is 74.7. The molecule has 1 amide bonds. The zero-order valence-electron chi connectivity index (χ0n) is 60.2. The number of carbonyl (C=O) groups is 2. The van der Waals surface area contributed by atoms with Crippen LogP contribution in [0, 0.1) is 0 Å². The number of allylic oxidation sites excluding steroid dienone is 7. The summed E-state index contributed by atoms with van der Waals surface area (Å²) in [6.45, 7) is 4.92. The van der Waals surface area contributed by atoms with E-state index in [-0.39, 0.29) is 18.5 Å². The van der Waals surface area contributed by atoms with Crippen LogP contribution in [0.15, 0.2) is 48.6 Å². The molecular formula is C83H157NO5. The van der Waals surface area contributed by atoms with Crippen molar-refractivity contribution in [2.24, 2.45) is 0 Å². The molecule has 0 rings (SSSR count). The van der Waals surface area contributed by atoms with Crippen LogP contribution in [0.25, 0.3) is 0 Å². The van der Waals surface area contributed by atoms with E-state index in [2.05, 4.69) is 55.6 Å². The molecule has 524 valence electrons. The lowest BCUT2D eigenvalue weighted by molar-refractivity contribution is -0.143. The number of nitrogens with one attached hydrogen (secondary N) is 1. The van der Waals surface area contributed by atoms with Crippen molar-refractivity contribution >= 4 is 11.9 Å². The number of hydrogen-bond acceptors (Lipinski definition) is 5. The molecule has 0 saturated carbocycles. The molecule has 0 aromatic rings. The smallest absolute Gasteiger partial charge is 0.305 e. The molecule has 6 nitrogen and oxygen atoms in total.